The molecule has 1 aliphatic heterocycles. The lowest BCUT2D eigenvalue weighted by Gasteiger charge is -2.20. The molecule has 0 aliphatic carbocycles. The number of halogens is 1. The standard InChI is InChI=1S/C20H20ClNO4/c1-24-10-8-22(13-18-3-2-9-25-18)20(23)7-4-15-11-16-12-17(21)5-6-19(16)26-14-15/h2-7,9,11-12H,8,10,13-14H2,1H3/b7-4+. The van der Waals surface area contributed by atoms with Crippen LogP contribution < -0.4 is 4.74 Å². The summed E-state index contributed by atoms with van der Waals surface area (Å²) in [6, 6.07) is 9.12. The lowest BCUT2D eigenvalue weighted by atomic mass is 10.1. The molecule has 6 heteroatoms. The molecule has 1 amide bonds. The lowest BCUT2D eigenvalue weighted by molar-refractivity contribution is -0.127. The molecule has 0 fully saturated rings. The van der Waals surface area contributed by atoms with E-state index in [-0.39, 0.29) is 5.91 Å². The largest absolute Gasteiger partial charge is 0.488 e. The van der Waals surface area contributed by atoms with Crippen LogP contribution in [0.2, 0.25) is 5.02 Å². The van der Waals surface area contributed by atoms with Crippen molar-refractivity contribution in [3.8, 4) is 5.75 Å². The first-order valence-corrected chi connectivity index (χ1v) is 8.65. The molecule has 0 unspecified atom stereocenters. The Morgan fingerprint density at radius 1 is 1.38 bits per heavy atom. The highest BCUT2D eigenvalue weighted by Crippen LogP contribution is 2.29. The number of methoxy groups -OCH3 is 1. The first kappa shape index (κ1) is 18.3. The molecule has 2 aromatic rings. The zero-order valence-electron chi connectivity index (χ0n) is 14.5. The molecule has 1 aromatic heterocycles. The van der Waals surface area contributed by atoms with Gasteiger partial charge < -0.3 is 18.8 Å². The summed E-state index contributed by atoms with van der Waals surface area (Å²) >= 11 is 6.03. The number of benzene rings is 1. The quantitative estimate of drug-likeness (QED) is 0.690. The van der Waals surface area contributed by atoms with Crippen molar-refractivity contribution in [3.05, 3.63) is 70.7 Å². The molecule has 0 saturated carbocycles. The Hall–Kier alpha value is -2.50. The summed E-state index contributed by atoms with van der Waals surface area (Å²) < 4.78 is 16.1. The van der Waals surface area contributed by atoms with Crippen molar-refractivity contribution in [1.82, 2.24) is 4.90 Å². The van der Waals surface area contributed by atoms with Crippen LogP contribution in [-0.4, -0.2) is 37.7 Å². The van der Waals surface area contributed by atoms with Crippen molar-refractivity contribution >= 4 is 23.6 Å². The minimum atomic E-state index is -0.115. The van der Waals surface area contributed by atoms with E-state index in [1.165, 1.54) is 0 Å². The van der Waals surface area contributed by atoms with Crippen LogP contribution in [0, 0.1) is 0 Å². The Morgan fingerprint density at radius 3 is 3.04 bits per heavy atom. The van der Waals surface area contributed by atoms with Gasteiger partial charge in [0.15, 0.2) is 0 Å². The molecular weight excluding hydrogens is 354 g/mol. The van der Waals surface area contributed by atoms with Crippen molar-refractivity contribution in [2.45, 2.75) is 6.54 Å². The number of fused-ring (bicyclic) bond motifs is 1. The number of rotatable bonds is 7. The molecule has 3 rings (SSSR count). The van der Waals surface area contributed by atoms with Crippen LogP contribution in [-0.2, 0) is 16.1 Å². The van der Waals surface area contributed by atoms with Crippen LogP contribution in [0.4, 0.5) is 0 Å². The van der Waals surface area contributed by atoms with E-state index in [2.05, 4.69) is 0 Å². The van der Waals surface area contributed by atoms with Gasteiger partial charge in [-0.2, -0.15) is 0 Å². The number of carbonyl (C=O) groups excluding carboxylic acids is 1. The molecular formula is C20H20ClNO4. The van der Waals surface area contributed by atoms with Gasteiger partial charge in [-0.05, 0) is 42.0 Å². The number of hydrogen-bond acceptors (Lipinski definition) is 4. The normalized spacial score (nSPS) is 13.2. The van der Waals surface area contributed by atoms with E-state index < -0.39 is 0 Å². The fourth-order valence-electron chi connectivity index (χ4n) is 2.61. The predicted molar refractivity (Wildman–Crippen MR) is 100 cm³/mol. The third-order valence-electron chi connectivity index (χ3n) is 3.95. The van der Waals surface area contributed by atoms with Gasteiger partial charge in [0.25, 0.3) is 0 Å². The smallest absolute Gasteiger partial charge is 0.247 e. The van der Waals surface area contributed by atoms with E-state index in [4.69, 9.17) is 25.5 Å². The molecule has 0 bridgehead atoms. The first-order chi connectivity index (χ1) is 12.7. The number of amides is 1. The highest BCUT2D eigenvalue weighted by Gasteiger charge is 2.14. The van der Waals surface area contributed by atoms with E-state index >= 15 is 0 Å². The molecule has 0 atom stereocenters. The molecule has 0 saturated heterocycles. The van der Waals surface area contributed by atoms with Gasteiger partial charge in [0.05, 0.1) is 19.4 Å². The van der Waals surface area contributed by atoms with Gasteiger partial charge in [-0.25, -0.2) is 0 Å². The fraction of sp³-hybridized carbons (Fsp3) is 0.250. The van der Waals surface area contributed by atoms with E-state index in [1.807, 2.05) is 24.3 Å². The third kappa shape index (κ3) is 4.77. The Labute approximate surface area is 157 Å². The Kier molecular flexibility index (Phi) is 6.15. The van der Waals surface area contributed by atoms with Gasteiger partial charge in [0, 0.05) is 30.3 Å². The van der Waals surface area contributed by atoms with Gasteiger partial charge in [-0.1, -0.05) is 17.7 Å². The highest BCUT2D eigenvalue weighted by molar-refractivity contribution is 6.30. The van der Waals surface area contributed by atoms with Crippen molar-refractivity contribution in [1.29, 1.82) is 0 Å². The van der Waals surface area contributed by atoms with Crippen LogP contribution in [0.15, 0.2) is 58.7 Å². The summed E-state index contributed by atoms with van der Waals surface area (Å²) in [5.74, 6) is 1.40. The third-order valence-corrected chi connectivity index (χ3v) is 4.19. The second kappa shape index (κ2) is 8.74. The molecule has 2 heterocycles. The molecule has 136 valence electrons. The monoisotopic (exact) mass is 373 g/mol. The van der Waals surface area contributed by atoms with Gasteiger partial charge in [-0.15, -0.1) is 0 Å². The maximum atomic E-state index is 12.6. The minimum absolute atomic E-state index is 0.115. The first-order valence-electron chi connectivity index (χ1n) is 8.27. The fourth-order valence-corrected chi connectivity index (χ4v) is 2.79. The molecule has 26 heavy (non-hydrogen) atoms. The predicted octanol–water partition coefficient (Wildman–Crippen LogP) is 3.94. The second-order valence-corrected chi connectivity index (χ2v) is 6.29. The van der Waals surface area contributed by atoms with Gasteiger partial charge in [0.2, 0.25) is 5.91 Å². The van der Waals surface area contributed by atoms with Crippen LogP contribution >= 0.6 is 11.6 Å². The Bertz CT molecular complexity index is 811. The van der Waals surface area contributed by atoms with Crippen LogP contribution in [0.1, 0.15) is 11.3 Å². The molecule has 5 nitrogen and oxygen atoms in total. The average molecular weight is 374 g/mol. The van der Waals surface area contributed by atoms with Gasteiger partial charge in [-0.3, -0.25) is 4.79 Å². The van der Waals surface area contributed by atoms with Crippen molar-refractivity contribution in [2.24, 2.45) is 0 Å². The van der Waals surface area contributed by atoms with Crippen molar-refractivity contribution < 1.29 is 18.7 Å². The lowest BCUT2D eigenvalue weighted by Crippen LogP contribution is -2.32. The zero-order valence-corrected chi connectivity index (χ0v) is 15.2. The van der Waals surface area contributed by atoms with E-state index in [0.29, 0.717) is 31.3 Å². The van der Waals surface area contributed by atoms with Crippen LogP contribution in [0.3, 0.4) is 0 Å². The summed E-state index contributed by atoms with van der Waals surface area (Å²) in [7, 11) is 1.61. The molecule has 1 aromatic carbocycles. The second-order valence-electron chi connectivity index (χ2n) is 5.86. The Morgan fingerprint density at radius 2 is 2.27 bits per heavy atom. The van der Waals surface area contributed by atoms with Crippen LogP contribution in [0.5, 0.6) is 5.75 Å². The van der Waals surface area contributed by atoms with E-state index in [1.54, 1.807) is 42.6 Å². The maximum Gasteiger partial charge on any atom is 0.247 e. The number of nitrogens with zero attached hydrogens (tertiary/aromatic N) is 1. The van der Waals surface area contributed by atoms with Gasteiger partial charge >= 0.3 is 0 Å². The number of hydrogen-bond donors (Lipinski definition) is 0. The average Bonchev–Trinajstić information content (AvgIpc) is 3.16. The van der Waals surface area contributed by atoms with Crippen molar-refractivity contribution in [2.75, 3.05) is 26.9 Å². The molecule has 0 N–H and O–H groups in total. The van der Waals surface area contributed by atoms with Gasteiger partial charge in [0.1, 0.15) is 18.1 Å². The zero-order chi connectivity index (χ0) is 18.4. The van der Waals surface area contributed by atoms with Crippen molar-refractivity contribution in [3.63, 3.8) is 0 Å². The van der Waals surface area contributed by atoms with E-state index in [9.17, 15) is 4.79 Å². The SMILES string of the molecule is COCCN(Cc1ccco1)C(=O)/C=C/C1=Cc2cc(Cl)ccc2OC1. The summed E-state index contributed by atoms with van der Waals surface area (Å²) in [5, 5.41) is 0.647. The number of furan rings is 1. The molecule has 0 radical (unpaired) electrons. The minimum Gasteiger partial charge on any atom is -0.488 e. The summed E-state index contributed by atoms with van der Waals surface area (Å²) in [4.78, 5) is 14.2. The number of carbonyl (C=O) groups is 1. The Balaban J connectivity index is 1.70. The maximum absolute atomic E-state index is 12.6. The molecule has 0 spiro atoms. The highest BCUT2D eigenvalue weighted by atomic mass is 35.5. The number of ether oxygens (including phenoxy) is 2. The summed E-state index contributed by atoms with van der Waals surface area (Å²) in [6.07, 6.45) is 6.88. The van der Waals surface area contributed by atoms with Crippen LogP contribution in [0.25, 0.3) is 6.08 Å². The molecule has 1 aliphatic rings. The van der Waals surface area contributed by atoms with E-state index in [0.717, 1.165) is 22.6 Å². The summed E-state index contributed by atoms with van der Waals surface area (Å²) in [5.41, 5.74) is 1.81. The topological polar surface area (TPSA) is 51.9 Å². The summed E-state index contributed by atoms with van der Waals surface area (Å²) in [6.45, 7) is 1.74.